The van der Waals surface area contributed by atoms with E-state index < -0.39 is 10.0 Å². The van der Waals surface area contributed by atoms with Gasteiger partial charge in [-0.3, -0.25) is 9.48 Å². The van der Waals surface area contributed by atoms with Crippen molar-refractivity contribution in [2.45, 2.75) is 52.0 Å². The number of hydrogen-bond donors (Lipinski definition) is 0. The normalized spacial score (nSPS) is 15.4. The van der Waals surface area contributed by atoms with Crippen LogP contribution in [0.3, 0.4) is 0 Å². The van der Waals surface area contributed by atoms with E-state index >= 15 is 0 Å². The van der Waals surface area contributed by atoms with Crippen molar-refractivity contribution >= 4 is 15.9 Å². The molecule has 8 nitrogen and oxygen atoms in total. The van der Waals surface area contributed by atoms with Crippen LogP contribution < -0.4 is 4.74 Å². The molecule has 0 N–H and O–H groups in total. The molecule has 1 fully saturated rings. The summed E-state index contributed by atoms with van der Waals surface area (Å²) in [6, 6.07) is 6.38. The number of amides is 1. The topological polar surface area (TPSA) is 84.7 Å². The highest BCUT2D eigenvalue weighted by atomic mass is 32.2. The van der Waals surface area contributed by atoms with Crippen LogP contribution in [0.15, 0.2) is 29.2 Å². The summed E-state index contributed by atoms with van der Waals surface area (Å²) in [6.07, 6.45) is 1.05. The molecule has 0 saturated carbocycles. The van der Waals surface area contributed by atoms with Crippen LogP contribution in [-0.2, 0) is 27.8 Å². The van der Waals surface area contributed by atoms with Gasteiger partial charge in [-0.05, 0) is 56.0 Å². The summed E-state index contributed by atoms with van der Waals surface area (Å²) in [7, 11) is -2.04. The van der Waals surface area contributed by atoms with Crippen molar-refractivity contribution < 1.29 is 17.9 Å². The fourth-order valence-corrected chi connectivity index (χ4v) is 5.51. The zero-order valence-corrected chi connectivity index (χ0v) is 20.5. The van der Waals surface area contributed by atoms with E-state index in [0.29, 0.717) is 50.7 Å². The second-order valence-corrected chi connectivity index (χ2v) is 10.6. The number of rotatable bonds is 8. The molecule has 1 saturated heterocycles. The van der Waals surface area contributed by atoms with Crippen molar-refractivity contribution in [1.82, 2.24) is 19.0 Å². The second kappa shape index (κ2) is 10.0. The van der Waals surface area contributed by atoms with Gasteiger partial charge in [0.1, 0.15) is 5.75 Å². The number of methoxy groups -OCH3 is 1. The Kier molecular flexibility index (Phi) is 7.61. The lowest BCUT2D eigenvalue weighted by molar-refractivity contribution is -0.132. The number of aryl methyl sites for hydroxylation is 1. The third kappa shape index (κ3) is 5.32. The van der Waals surface area contributed by atoms with Gasteiger partial charge in [0.05, 0.1) is 17.7 Å². The first-order chi connectivity index (χ1) is 15.1. The van der Waals surface area contributed by atoms with E-state index in [1.807, 2.05) is 11.6 Å². The minimum atomic E-state index is -3.58. The Labute approximate surface area is 191 Å². The highest BCUT2D eigenvalue weighted by Gasteiger charge is 2.30. The molecular weight excluding hydrogens is 428 g/mol. The molecule has 32 heavy (non-hydrogen) atoms. The zero-order valence-electron chi connectivity index (χ0n) is 19.7. The van der Waals surface area contributed by atoms with E-state index in [1.165, 1.54) is 4.31 Å². The number of sulfonamides is 1. The van der Waals surface area contributed by atoms with E-state index in [4.69, 9.17) is 4.74 Å². The van der Waals surface area contributed by atoms with E-state index in [2.05, 4.69) is 25.9 Å². The van der Waals surface area contributed by atoms with Gasteiger partial charge in [0.25, 0.3) is 0 Å². The predicted molar refractivity (Wildman–Crippen MR) is 123 cm³/mol. The van der Waals surface area contributed by atoms with Crippen LogP contribution in [0, 0.1) is 19.8 Å². The Hall–Kier alpha value is -2.39. The lowest BCUT2D eigenvalue weighted by atomic mass is 10.1. The number of piperazine rings is 1. The number of hydrogen-bond acceptors (Lipinski definition) is 5. The number of carbonyl (C=O) groups is 1. The number of nitrogens with zero attached hydrogens (tertiary/aromatic N) is 4. The van der Waals surface area contributed by atoms with Crippen molar-refractivity contribution in [3.63, 3.8) is 0 Å². The zero-order chi connectivity index (χ0) is 23.5. The molecule has 1 aromatic carbocycles. The molecule has 1 aliphatic rings. The fourth-order valence-electron chi connectivity index (χ4n) is 4.08. The van der Waals surface area contributed by atoms with Crippen molar-refractivity contribution in [2.75, 3.05) is 33.3 Å². The molecule has 2 aromatic rings. The van der Waals surface area contributed by atoms with Crippen LogP contribution >= 0.6 is 0 Å². The van der Waals surface area contributed by atoms with Crippen molar-refractivity contribution in [1.29, 1.82) is 0 Å². The highest BCUT2D eigenvalue weighted by Crippen LogP contribution is 2.21. The van der Waals surface area contributed by atoms with Gasteiger partial charge in [-0.1, -0.05) is 13.8 Å². The molecule has 0 unspecified atom stereocenters. The predicted octanol–water partition coefficient (Wildman–Crippen LogP) is 2.63. The van der Waals surface area contributed by atoms with E-state index in [1.54, 1.807) is 36.3 Å². The summed E-state index contributed by atoms with van der Waals surface area (Å²) >= 11 is 0. The summed E-state index contributed by atoms with van der Waals surface area (Å²) in [6.45, 7) is 10.6. The van der Waals surface area contributed by atoms with Crippen molar-refractivity contribution in [3.05, 3.63) is 41.2 Å². The summed E-state index contributed by atoms with van der Waals surface area (Å²) in [4.78, 5) is 14.8. The third-order valence-corrected chi connectivity index (χ3v) is 7.86. The number of benzene rings is 1. The minimum Gasteiger partial charge on any atom is -0.497 e. The first-order valence-corrected chi connectivity index (χ1v) is 12.5. The Morgan fingerprint density at radius 3 is 2.28 bits per heavy atom. The van der Waals surface area contributed by atoms with Gasteiger partial charge < -0.3 is 9.64 Å². The molecule has 1 aliphatic heterocycles. The van der Waals surface area contributed by atoms with Gasteiger partial charge in [-0.15, -0.1) is 0 Å². The lowest BCUT2D eigenvalue weighted by Gasteiger charge is -2.34. The molecule has 176 valence electrons. The summed E-state index contributed by atoms with van der Waals surface area (Å²) in [5.74, 6) is 1.18. The van der Waals surface area contributed by atoms with Crippen LogP contribution in [0.1, 0.15) is 37.2 Å². The van der Waals surface area contributed by atoms with E-state index in [0.717, 1.165) is 23.5 Å². The smallest absolute Gasteiger partial charge is 0.243 e. The summed E-state index contributed by atoms with van der Waals surface area (Å²) < 4.78 is 34.4. The van der Waals surface area contributed by atoms with Crippen molar-refractivity contribution in [2.24, 2.45) is 5.92 Å². The molecular formula is C23H34N4O4S. The Balaban J connectivity index is 1.56. The standard InChI is InChI=1S/C23H34N4O4S/c1-17(2)16-27-19(4)22(18(3)24-27)10-11-23(28)25-12-14-26(15-13-25)32(29,30)21-8-6-20(31-5)7-9-21/h6-9,17H,10-16H2,1-5H3. The lowest BCUT2D eigenvalue weighted by Crippen LogP contribution is -2.50. The molecule has 2 heterocycles. The highest BCUT2D eigenvalue weighted by molar-refractivity contribution is 7.89. The Morgan fingerprint density at radius 2 is 1.72 bits per heavy atom. The first-order valence-electron chi connectivity index (χ1n) is 11.1. The maximum atomic E-state index is 12.9. The monoisotopic (exact) mass is 462 g/mol. The van der Waals surface area contributed by atoms with Gasteiger partial charge in [0, 0.05) is 44.8 Å². The molecule has 0 spiro atoms. The van der Waals surface area contributed by atoms with Crippen LogP contribution in [0.4, 0.5) is 0 Å². The van der Waals surface area contributed by atoms with Crippen LogP contribution in [0.2, 0.25) is 0 Å². The van der Waals surface area contributed by atoms with E-state index in [9.17, 15) is 13.2 Å². The SMILES string of the molecule is COc1ccc(S(=O)(=O)N2CCN(C(=O)CCc3c(C)nn(CC(C)C)c3C)CC2)cc1. The molecule has 3 rings (SSSR count). The largest absolute Gasteiger partial charge is 0.497 e. The Bertz CT molecular complexity index is 1040. The number of ether oxygens (including phenoxy) is 1. The summed E-state index contributed by atoms with van der Waals surface area (Å²) in [5.41, 5.74) is 3.24. The molecule has 1 aromatic heterocycles. The number of aromatic nitrogens is 2. The van der Waals surface area contributed by atoms with Gasteiger partial charge in [0.15, 0.2) is 0 Å². The van der Waals surface area contributed by atoms with Gasteiger partial charge in [0.2, 0.25) is 15.9 Å². The third-order valence-electron chi connectivity index (χ3n) is 5.95. The average molecular weight is 463 g/mol. The first kappa shape index (κ1) is 24.3. The molecule has 1 amide bonds. The van der Waals surface area contributed by atoms with E-state index in [-0.39, 0.29) is 10.8 Å². The fraction of sp³-hybridized carbons (Fsp3) is 0.565. The van der Waals surface area contributed by atoms with Gasteiger partial charge >= 0.3 is 0 Å². The average Bonchev–Trinajstić information content (AvgIpc) is 3.03. The molecule has 0 radical (unpaired) electrons. The molecule has 0 aliphatic carbocycles. The van der Waals surface area contributed by atoms with Crippen LogP contribution in [0.25, 0.3) is 0 Å². The minimum absolute atomic E-state index is 0.0573. The van der Waals surface area contributed by atoms with Crippen LogP contribution in [-0.4, -0.2) is 66.6 Å². The molecule has 9 heteroatoms. The second-order valence-electron chi connectivity index (χ2n) is 8.69. The van der Waals surface area contributed by atoms with Crippen molar-refractivity contribution in [3.8, 4) is 5.75 Å². The molecule has 0 bridgehead atoms. The van der Waals surface area contributed by atoms with Gasteiger partial charge in [-0.25, -0.2) is 8.42 Å². The van der Waals surface area contributed by atoms with Crippen LogP contribution in [0.5, 0.6) is 5.75 Å². The number of carbonyl (C=O) groups excluding carboxylic acids is 1. The molecule has 0 atom stereocenters. The maximum absolute atomic E-state index is 12.9. The Morgan fingerprint density at radius 1 is 1.09 bits per heavy atom. The quantitative estimate of drug-likeness (QED) is 0.602. The maximum Gasteiger partial charge on any atom is 0.243 e. The summed E-state index contributed by atoms with van der Waals surface area (Å²) in [5, 5.41) is 4.63. The van der Waals surface area contributed by atoms with Gasteiger partial charge in [-0.2, -0.15) is 9.40 Å².